The lowest BCUT2D eigenvalue weighted by Gasteiger charge is -2.05. The smallest absolute Gasteiger partial charge is 0.286 e. The van der Waals surface area contributed by atoms with Gasteiger partial charge >= 0.3 is 0 Å². The maximum Gasteiger partial charge on any atom is 0.286 e. The molecule has 0 saturated heterocycles. The molecular weight excluding hydrogens is 420 g/mol. The van der Waals surface area contributed by atoms with Gasteiger partial charge < -0.3 is 15.4 Å². The molecule has 3 aromatic rings. The van der Waals surface area contributed by atoms with Crippen LogP contribution in [0, 0.1) is 6.92 Å². The molecule has 0 aliphatic heterocycles. The van der Waals surface area contributed by atoms with Crippen LogP contribution in [-0.4, -0.2) is 34.9 Å². The second-order valence-corrected chi connectivity index (χ2v) is 8.49. The van der Waals surface area contributed by atoms with Gasteiger partial charge in [-0.25, -0.2) is 0 Å². The summed E-state index contributed by atoms with van der Waals surface area (Å²) in [6.45, 7) is 2.54. The van der Waals surface area contributed by atoms with Crippen molar-refractivity contribution in [1.82, 2.24) is 15.5 Å². The normalized spacial score (nSPS) is 10.5. The zero-order valence-corrected chi connectivity index (χ0v) is 18.3. The van der Waals surface area contributed by atoms with E-state index in [1.54, 1.807) is 31.4 Å². The summed E-state index contributed by atoms with van der Waals surface area (Å²) in [6.07, 6.45) is 0. The van der Waals surface area contributed by atoms with Crippen LogP contribution < -0.4 is 15.4 Å². The standard InChI is InChI=1S/C21H22N4O3S2/c1-14-3-5-15(6-4-14)11-22-18(26)12-29-13-19-24-25-21(30-19)20(27)23-16-7-9-17(28-2)10-8-16/h3-10H,11-13H2,1-2H3,(H,22,26)(H,23,27). The van der Waals surface area contributed by atoms with Gasteiger partial charge in [0.05, 0.1) is 12.9 Å². The fourth-order valence-corrected chi connectivity index (χ4v) is 4.09. The van der Waals surface area contributed by atoms with E-state index in [1.165, 1.54) is 28.7 Å². The zero-order chi connectivity index (χ0) is 21.3. The van der Waals surface area contributed by atoms with E-state index in [4.69, 9.17) is 4.74 Å². The number of benzene rings is 2. The summed E-state index contributed by atoms with van der Waals surface area (Å²) in [4.78, 5) is 24.3. The minimum Gasteiger partial charge on any atom is -0.497 e. The van der Waals surface area contributed by atoms with E-state index in [0.717, 1.165) is 5.56 Å². The van der Waals surface area contributed by atoms with Gasteiger partial charge in [0.25, 0.3) is 5.91 Å². The van der Waals surface area contributed by atoms with Crippen molar-refractivity contribution in [3.8, 4) is 5.75 Å². The summed E-state index contributed by atoms with van der Waals surface area (Å²) < 4.78 is 5.09. The molecular formula is C21H22N4O3S2. The molecule has 30 heavy (non-hydrogen) atoms. The Balaban J connectivity index is 1.40. The molecule has 0 saturated carbocycles. The highest BCUT2D eigenvalue weighted by Gasteiger charge is 2.13. The molecule has 1 heterocycles. The number of hydrogen-bond donors (Lipinski definition) is 2. The number of nitrogens with zero attached hydrogens (tertiary/aromatic N) is 2. The van der Waals surface area contributed by atoms with Gasteiger partial charge in [-0.3, -0.25) is 9.59 Å². The largest absolute Gasteiger partial charge is 0.497 e. The van der Waals surface area contributed by atoms with Crippen LogP contribution in [0.1, 0.15) is 25.9 Å². The van der Waals surface area contributed by atoms with Crippen LogP contribution in [0.25, 0.3) is 0 Å². The van der Waals surface area contributed by atoms with Crippen LogP contribution in [0.3, 0.4) is 0 Å². The Labute approximate surface area is 183 Å². The average molecular weight is 443 g/mol. The summed E-state index contributed by atoms with van der Waals surface area (Å²) in [5.41, 5.74) is 2.91. The van der Waals surface area contributed by atoms with Crippen LogP contribution in [0.5, 0.6) is 5.75 Å². The lowest BCUT2D eigenvalue weighted by atomic mass is 10.1. The molecule has 0 bridgehead atoms. The van der Waals surface area contributed by atoms with Crippen LogP contribution in [0.15, 0.2) is 48.5 Å². The van der Waals surface area contributed by atoms with Gasteiger partial charge in [-0.1, -0.05) is 41.2 Å². The number of aromatic nitrogens is 2. The Morgan fingerprint density at radius 3 is 2.50 bits per heavy atom. The quantitative estimate of drug-likeness (QED) is 0.525. The summed E-state index contributed by atoms with van der Waals surface area (Å²) in [5, 5.41) is 14.6. The highest BCUT2D eigenvalue weighted by Crippen LogP contribution is 2.19. The first-order chi connectivity index (χ1) is 14.5. The first-order valence-corrected chi connectivity index (χ1v) is 11.2. The molecule has 2 amide bonds. The van der Waals surface area contributed by atoms with E-state index in [1.807, 2.05) is 31.2 Å². The zero-order valence-electron chi connectivity index (χ0n) is 16.7. The van der Waals surface area contributed by atoms with Gasteiger partial charge in [0, 0.05) is 18.0 Å². The lowest BCUT2D eigenvalue weighted by molar-refractivity contribution is -0.118. The number of amides is 2. The van der Waals surface area contributed by atoms with Gasteiger partial charge in [0.15, 0.2) is 0 Å². The number of methoxy groups -OCH3 is 1. The number of nitrogens with one attached hydrogen (secondary N) is 2. The van der Waals surface area contributed by atoms with Crippen molar-refractivity contribution in [3.63, 3.8) is 0 Å². The number of rotatable bonds is 9. The van der Waals surface area contributed by atoms with E-state index in [0.29, 0.717) is 34.5 Å². The van der Waals surface area contributed by atoms with Crippen molar-refractivity contribution in [1.29, 1.82) is 0 Å². The van der Waals surface area contributed by atoms with E-state index < -0.39 is 0 Å². The van der Waals surface area contributed by atoms with Gasteiger partial charge in [-0.2, -0.15) is 0 Å². The minimum absolute atomic E-state index is 0.0393. The maximum atomic E-state index is 12.3. The van der Waals surface area contributed by atoms with Crippen molar-refractivity contribution in [2.45, 2.75) is 19.2 Å². The Morgan fingerprint density at radius 1 is 1.07 bits per heavy atom. The monoisotopic (exact) mass is 442 g/mol. The van der Waals surface area contributed by atoms with E-state index in [2.05, 4.69) is 20.8 Å². The van der Waals surface area contributed by atoms with E-state index >= 15 is 0 Å². The Kier molecular flexibility index (Phi) is 7.81. The predicted octanol–water partition coefficient (Wildman–Crippen LogP) is 3.66. The van der Waals surface area contributed by atoms with Crippen LogP contribution in [0.4, 0.5) is 5.69 Å². The number of anilines is 1. The summed E-state index contributed by atoms with van der Waals surface area (Å²) in [5.74, 6) is 1.20. The molecule has 0 aliphatic rings. The first kappa shape index (κ1) is 21.8. The molecule has 0 fully saturated rings. The molecule has 0 radical (unpaired) electrons. The number of aryl methyl sites for hydroxylation is 1. The van der Waals surface area contributed by atoms with E-state index in [-0.39, 0.29) is 16.8 Å². The van der Waals surface area contributed by atoms with Crippen molar-refractivity contribution in [3.05, 3.63) is 69.7 Å². The third-order valence-electron chi connectivity index (χ3n) is 4.08. The third kappa shape index (κ3) is 6.57. The van der Waals surface area contributed by atoms with Gasteiger partial charge in [0.1, 0.15) is 10.8 Å². The summed E-state index contributed by atoms with van der Waals surface area (Å²) in [7, 11) is 1.59. The molecule has 0 unspecified atom stereocenters. The van der Waals surface area contributed by atoms with Crippen molar-refractivity contribution < 1.29 is 14.3 Å². The molecule has 2 aromatic carbocycles. The summed E-state index contributed by atoms with van der Waals surface area (Å²) in [6, 6.07) is 15.1. The van der Waals surface area contributed by atoms with Crippen LogP contribution in [-0.2, 0) is 17.1 Å². The topological polar surface area (TPSA) is 93.2 Å². The molecule has 0 atom stereocenters. The molecule has 7 nitrogen and oxygen atoms in total. The number of carbonyl (C=O) groups is 2. The molecule has 3 rings (SSSR count). The number of carbonyl (C=O) groups excluding carboxylic acids is 2. The third-order valence-corrected chi connectivity index (χ3v) is 6.13. The second kappa shape index (κ2) is 10.7. The maximum absolute atomic E-state index is 12.3. The molecule has 1 aromatic heterocycles. The number of thioether (sulfide) groups is 1. The number of hydrogen-bond acceptors (Lipinski definition) is 7. The molecule has 2 N–H and O–H groups in total. The highest BCUT2D eigenvalue weighted by molar-refractivity contribution is 7.99. The van der Waals surface area contributed by atoms with Gasteiger partial charge in [-0.05, 0) is 36.8 Å². The van der Waals surface area contributed by atoms with Crippen LogP contribution in [0.2, 0.25) is 0 Å². The molecule has 0 spiro atoms. The fourth-order valence-electron chi connectivity index (χ4n) is 2.45. The Morgan fingerprint density at radius 2 is 1.80 bits per heavy atom. The Hall–Kier alpha value is -2.91. The molecule has 9 heteroatoms. The highest BCUT2D eigenvalue weighted by atomic mass is 32.2. The Bertz CT molecular complexity index is 988. The van der Waals surface area contributed by atoms with Crippen molar-refractivity contribution in [2.75, 3.05) is 18.2 Å². The van der Waals surface area contributed by atoms with E-state index in [9.17, 15) is 9.59 Å². The van der Waals surface area contributed by atoms with Crippen molar-refractivity contribution >= 4 is 40.6 Å². The van der Waals surface area contributed by atoms with Gasteiger partial charge in [-0.15, -0.1) is 22.0 Å². The minimum atomic E-state index is -0.315. The molecule has 156 valence electrons. The first-order valence-electron chi connectivity index (χ1n) is 9.21. The SMILES string of the molecule is COc1ccc(NC(=O)c2nnc(CSCC(=O)NCc3ccc(C)cc3)s2)cc1. The van der Waals surface area contributed by atoms with Gasteiger partial charge in [0.2, 0.25) is 10.9 Å². The van der Waals surface area contributed by atoms with Crippen molar-refractivity contribution in [2.24, 2.45) is 0 Å². The lowest BCUT2D eigenvalue weighted by Crippen LogP contribution is -2.24. The second-order valence-electron chi connectivity index (χ2n) is 6.44. The fraction of sp³-hybridized carbons (Fsp3) is 0.238. The average Bonchev–Trinajstić information content (AvgIpc) is 3.23. The molecule has 0 aliphatic carbocycles. The summed E-state index contributed by atoms with van der Waals surface area (Å²) >= 11 is 2.66. The van der Waals surface area contributed by atoms with Crippen LogP contribution >= 0.6 is 23.1 Å². The number of ether oxygens (including phenoxy) is 1. The predicted molar refractivity (Wildman–Crippen MR) is 120 cm³/mol.